The number of rotatable bonds is 5. The zero-order valence-electron chi connectivity index (χ0n) is 14.5. The van der Waals surface area contributed by atoms with Gasteiger partial charge in [-0.25, -0.2) is 4.98 Å². The van der Waals surface area contributed by atoms with Gasteiger partial charge in [0, 0.05) is 17.8 Å². The first-order valence-electron chi connectivity index (χ1n) is 8.69. The lowest BCUT2D eigenvalue weighted by Crippen LogP contribution is -2.38. The first-order chi connectivity index (χ1) is 11.6. The van der Waals surface area contributed by atoms with Crippen LogP contribution < -0.4 is 0 Å². The summed E-state index contributed by atoms with van der Waals surface area (Å²) in [6.45, 7) is 6.89. The molecule has 1 aliphatic rings. The summed E-state index contributed by atoms with van der Waals surface area (Å²) in [5.41, 5.74) is 0.541. The van der Waals surface area contributed by atoms with Gasteiger partial charge in [-0.1, -0.05) is 25.9 Å². The summed E-state index contributed by atoms with van der Waals surface area (Å²) in [6, 6.07) is -0.137. The fourth-order valence-electron chi connectivity index (χ4n) is 2.93. The Morgan fingerprint density at radius 3 is 2.96 bits per heavy atom. The number of carbonyl (C=O) groups is 1. The van der Waals surface area contributed by atoms with Gasteiger partial charge < -0.3 is 9.42 Å². The minimum absolute atomic E-state index is 0.0254. The van der Waals surface area contributed by atoms with E-state index in [1.165, 1.54) is 0 Å². The molecular formula is C17H24N4O2S. The Morgan fingerprint density at radius 1 is 1.42 bits per heavy atom. The maximum absolute atomic E-state index is 12.9. The molecule has 1 aliphatic heterocycles. The summed E-state index contributed by atoms with van der Waals surface area (Å²) < 4.78 is 5.45. The monoisotopic (exact) mass is 348 g/mol. The number of aromatic nitrogens is 3. The van der Waals surface area contributed by atoms with Crippen LogP contribution in [0.15, 0.2) is 9.90 Å². The normalized spacial score (nSPS) is 18.3. The third-order valence-corrected chi connectivity index (χ3v) is 5.17. The van der Waals surface area contributed by atoms with E-state index in [2.05, 4.69) is 22.0 Å². The quantitative estimate of drug-likeness (QED) is 0.817. The summed E-state index contributed by atoms with van der Waals surface area (Å²) in [6.07, 6.45) is 4.87. The molecule has 6 nitrogen and oxygen atoms in total. The van der Waals surface area contributed by atoms with Crippen molar-refractivity contribution >= 4 is 17.2 Å². The summed E-state index contributed by atoms with van der Waals surface area (Å²) in [5, 5.41) is 6.94. The number of nitrogens with zero attached hydrogens (tertiary/aromatic N) is 4. The highest BCUT2D eigenvalue weighted by Crippen LogP contribution is 2.32. The van der Waals surface area contributed by atoms with Crippen molar-refractivity contribution in [2.24, 2.45) is 0 Å². The Morgan fingerprint density at radius 2 is 2.25 bits per heavy atom. The average molecular weight is 348 g/mol. The van der Waals surface area contributed by atoms with E-state index in [1.807, 2.05) is 24.1 Å². The van der Waals surface area contributed by atoms with Gasteiger partial charge in [0.25, 0.3) is 5.91 Å². The number of piperidine rings is 1. The third kappa shape index (κ3) is 3.50. The van der Waals surface area contributed by atoms with Crippen molar-refractivity contribution in [3.63, 3.8) is 0 Å². The molecule has 0 spiro atoms. The first kappa shape index (κ1) is 17.1. The van der Waals surface area contributed by atoms with Crippen LogP contribution in [0.4, 0.5) is 0 Å². The molecule has 24 heavy (non-hydrogen) atoms. The summed E-state index contributed by atoms with van der Waals surface area (Å²) in [5.74, 6) is 1.44. The fourth-order valence-corrected chi connectivity index (χ4v) is 3.81. The molecule has 1 saturated heterocycles. The first-order valence-corrected chi connectivity index (χ1v) is 9.57. The van der Waals surface area contributed by atoms with E-state index in [-0.39, 0.29) is 17.9 Å². The van der Waals surface area contributed by atoms with Gasteiger partial charge in [-0.05, 0) is 32.1 Å². The number of thiazole rings is 1. The van der Waals surface area contributed by atoms with Gasteiger partial charge in [-0.3, -0.25) is 4.79 Å². The summed E-state index contributed by atoms with van der Waals surface area (Å²) in [4.78, 5) is 23.8. The molecule has 1 fully saturated rings. The smallest absolute Gasteiger partial charge is 0.274 e. The van der Waals surface area contributed by atoms with Crippen LogP contribution in [-0.2, 0) is 6.42 Å². The lowest BCUT2D eigenvalue weighted by Gasteiger charge is -2.32. The van der Waals surface area contributed by atoms with Gasteiger partial charge in [0.1, 0.15) is 11.7 Å². The van der Waals surface area contributed by atoms with Gasteiger partial charge in [0.2, 0.25) is 5.89 Å². The molecule has 0 aromatic carbocycles. The average Bonchev–Trinajstić information content (AvgIpc) is 3.24. The van der Waals surface area contributed by atoms with E-state index in [9.17, 15) is 4.79 Å². The van der Waals surface area contributed by atoms with Gasteiger partial charge >= 0.3 is 0 Å². The number of likely N-dealkylation sites (tertiary alicyclic amines) is 1. The van der Waals surface area contributed by atoms with Crippen molar-refractivity contribution in [2.75, 3.05) is 6.54 Å². The number of amides is 1. The van der Waals surface area contributed by atoms with Crippen molar-refractivity contribution < 1.29 is 9.32 Å². The molecular weight excluding hydrogens is 324 g/mol. The van der Waals surface area contributed by atoms with E-state index in [4.69, 9.17) is 4.52 Å². The predicted molar refractivity (Wildman–Crippen MR) is 92.1 cm³/mol. The Hall–Kier alpha value is -1.76. The van der Waals surface area contributed by atoms with Gasteiger partial charge in [0.05, 0.1) is 5.01 Å². The molecule has 0 saturated carbocycles. The molecule has 1 atom stereocenters. The van der Waals surface area contributed by atoms with E-state index in [0.717, 1.165) is 37.1 Å². The topological polar surface area (TPSA) is 72.1 Å². The minimum atomic E-state index is -0.137. The molecule has 3 heterocycles. The lowest BCUT2D eigenvalue weighted by atomic mass is 10.0. The largest absolute Gasteiger partial charge is 0.337 e. The van der Waals surface area contributed by atoms with Gasteiger partial charge in [0.15, 0.2) is 5.82 Å². The highest BCUT2D eigenvalue weighted by molar-refractivity contribution is 7.09. The highest BCUT2D eigenvalue weighted by Gasteiger charge is 2.33. The maximum Gasteiger partial charge on any atom is 0.274 e. The molecule has 0 radical (unpaired) electrons. The summed E-state index contributed by atoms with van der Waals surface area (Å²) >= 11 is 1.56. The van der Waals surface area contributed by atoms with Crippen LogP contribution in [0.3, 0.4) is 0 Å². The van der Waals surface area contributed by atoms with Crippen molar-refractivity contribution in [1.29, 1.82) is 0 Å². The standard InChI is InChI=1S/C17H24N4O2S/c1-4-7-14-18-12(10-24-14)17(22)21-9-6-5-8-13(21)16-19-15(11(2)3)20-23-16/h10-11,13H,4-9H2,1-3H3/t13-/m1/s1. The third-order valence-electron chi connectivity index (χ3n) is 4.26. The van der Waals surface area contributed by atoms with E-state index in [1.54, 1.807) is 11.3 Å². The number of aryl methyl sites for hydroxylation is 1. The number of hydrogen-bond donors (Lipinski definition) is 0. The van der Waals surface area contributed by atoms with E-state index in [0.29, 0.717) is 24.0 Å². The van der Waals surface area contributed by atoms with Crippen LogP contribution in [0, 0.1) is 0 Å². The van der Waals surface area contributed by atoms with Crippen LogP contribution >= 0.6 is 11.3 Å². The predicted octanol–water partition coefficient (Wildman–Crippen LogP) is 3.97. The molecule has 2 aromatic rings. The lowest BCUT2D eigenvalue weighted by molar-refractivity contribution is 0.0556. The maximum atomic E-state index is 12.9. The van der Waals surface area contributed by atoms with Crippen LogP contribution in [-0.4, -0.2) is 32.5 Å². The molecule has 130 valence electrons. The SMILES string of the molecule is CCCc1nc(C(=O)N2CCCC[C@@H]2c2nc(C(C)C)no2)cs1. The zero-order valence-corrected chi connectivity index (χ0v) is 15.3. The van der Waals surface area contributed by atoms with Gasteiger partial charge in [-0.2, -0.15) is 4.98 Å². The number of hydrogen-bond acceptors (Lipinski definition) is 6. The molecule has 0 bridgehead atoms. The molecule has 0 aliphatic carbocycles. The van der Waals surface area contributed by atoms with Crippen molar-refractivity contribution in [1.82, 2.24) is 20.0 Å². The Labute approximate surface area is 146 Å². The second-order valence-corrected chi connectivity index (χ2v) is 7.47. The zero-order chi connectivity index (χ0) is 17.1. The van der Waals surface area contributed by atoms with Crippen LogP contribution in [0.5, 0.6) is 0 Å². The number of carbonyl (C=O) groups excluding carboxylic acids is 1. The van der Waals surface area contributed by atoms with Crippen LogP contribution in [0.25, 0.3) is 0 Å². The second kappa shape index (κ2) is 7.42. The van der Waals surface area contributed by atoms with Crippen molar-refractivity contribution in [3.8, 4) is 0 Å². The second-order valence-electron chi connectivity index (χ2n) is 6.53. The van der Waals surface area contributed by atoms with Crippen LogP contribution in [0.1, 0.15) is 85.6 Å². The van der Waals surface area contributed by atoms with Crippen LogP contribution in [0.2, 0.25) is 0 Å². The van der Waals surface area contributed by atoms with E-state index < -0.39 is 0 Å². The Bertz CT molecular complexity index is 694. The van der Waals surface area contributed by atoms with Gasteiger partial charge in [-0.15, -0.1) is 11.3 Å². The molecule has 3 rings (SSSR count). The molecule has 7 heteroatoms. The minimum Gasteiger partial charge on any atom is -0.337 e. The highest BCUT2D eigenvalue weighted by atomic mass is 32.1. The van der Waals surface area contributed by atoms with E-state index >= 15 is 0 Å². The molecule has 1 amide bonds. The Kier molecular flexibility index (Phi) is 5.28. The summed E-state index contributed by atoms with van der Waals surface area (Å²) in [7, 11) is 0. The Balaban J connectivity index is 1.81. The fraction of sp³-hybridized carbons (Fsp3) is 0.647. The molecule has 0 unspecified atom stereocenters. The molecule has 2 aromatic heterocycles. The van der Waals surface area contributed by atoms with Crippen molar-refractivity contribution in [3.05, 3.63) is 27.8 Å². The van der Waals surface area contributed by atoms with Crippen molar-refractivity contribution in [2.45, 2.75) is 64.8 Å². The molecule has 0 N–H and O–H groups in total.